The van der Waals surface area contributed by atoms with Gasteiger partial charge in [-0.05, 0) is 50.0 Å². The molecule has 2 rings (SSSR count). The van der Waals surface area contributed by atoms with E-state index in [9.17, 15) is 0 Å². The summed E-state index contributed by atoms with van der Waals surface area (Å²) in [5.74, 6) is 0.717. The van der Waals surface area contributed by atoms with Gasteiger partial charge in [0.1, 0.15) is 0 Å². The van der Waals surface area contributed by atoms with E-state index < -0.39 is 0 Å². The van der Waals surface area contributed by atoms with Crippen molar-refractivity contribution in [3.63, 3.8) is 0 Å². The lowest BCUT2D eigenvalue weighted by Crippen LogP contribution is -2.29. The summed E-state index contributed by atoms with van der Waals surface area (Å²) in [5, 5.41) is 8.97. The minimum absolute atomic E-state index is 0. The molecule has 1 N–H and O–H groups in total. The van der Waals surface area contributed by atoms with Crippen molar-refractivity contribution in [2.45, 2.75) is 25.4 Å². The van der Waals surface area contributed by atoms with Crippen LogP contribution < -0.4 is 0 Å². The highest BCUT2D eigenvalue weighted by Gasteiger charge is 2.17. The van der Waals surface area contributed by atoms with Crippen LogP contribution in [-0.2, 0) is 6.61 Å². The number of piperidine rings is 1. The van der Waals surface area contributed by atoms with Crippen molar-refractivity contribution in [1.82, 2.24) is 4.90 Å². The molecule has 1 aliphatic rings. The first-order valence-corrected chi connectivity index (χ1v) is 5.68. The predicted molar refractivity (Wildman–Crippen MR) is 72.2 cm³/mol. The lowest BCUT2D eigenvalue weighted by molar-refractivity contribution is 0.255. The molecular weight excluding hydrogens is 266 g/mol. The first-order chi connectivity index (χ1) is 7.29. The number of likely N-dealkylation sites (tertiary alicyclic amines) is 1. The van der Waals surface area contributed by atoms with Gasteiger partial charge < -0.3 is 10.0 Å². The second kappa shape index (κ2) is 6.38. The minimum Gasteiger partial charge on any atom is -0.392 e. The molecule has 0 aromatic heterocycles. The number of rotatable bonds is 2. The molecule has 3 heteroatoms. The SMILES string of the molecule is Br.CN1CCC(c2ccc(CO)cc2)CC1. The highest BCUT2D eigenvalue weighted by Crippen LogP contribution is 2.27. The minimum atomic E-state index is 0. The van der Waals surface area contributed by atoms with Gasteiger partial charge in [0.15, 0.2) is 0 Å². The van der Waals surface area contributed by atoms with E-state index in [1.807, 2.05) is 12.1 Å². The van der Waals surface area contributed by atoms with Crippen LogP contribution in [0.25, 0.3) is 0 Å². The molecule has 1 aromatic carbocycles. The van der Waals surface area contributed by atoms with Crippen LogP contribution in [-0.4, -0.2) is 30.1 Å². The summed E-state index contributed by atoms with van der Waals surface area (Å²) in [6, 6.07) is 8.41. The largest absolute Gasteiger partial charge is 0.392 e. The second-order valence-corrected chi connectivity index (χ2v) is 4.48. The van der Waals surface area contributed by atoms with Crippen LogP contribution in [0.4, 0.5) is 0 Å². The van der Waals surface area contributed by atoms with Crippen molar-refractivity contribution in [2.75, 3.05) is 20.1 Å². The van der Waals surface area contributed by atoms with Crippen LogP contribution in [0, 0.1) is 0 Å². The monoisotopic (exact) mass is 285 g/mol. The zero-order valence-electron chi connectivity index (χ0n) is 9.72. The topological polar surface area (TPSA) is 23.5 Å². The number of aliphatic hydroxyl groups excluding tert-OH is 1. The van der Waals surface area contributed by atoms with E-state index in [0.717, 1.165) is 5.56 Å². The van der Waals surface area contributed by atoms with Gasteiger partial charge in [0, 0.05) is 0 Å². The molecule has 0 amide bonds. The summed E-state index contributed by atoms with van der Waals surface area (Å²) >= 11 is 0. The summed E-state index contributed by atoms with van der Waals surface area (Å²) in [4.78, 5) is 2.39. The van der Waals surface area contributed by atoms with Gasteiger partial charge in [0.2, 0.25) is 0 Å². The van der Waals surface area contributed by atoms with E-state index in [-0.39, 0.29) is 23.6 Å². The van der Waals surface area contributed by atoms with Crippen LogP contribution in [0.5, 0.6) is 0 Å². The maximum atomic E-state index is 8.97. The van der Waals surface area contributed by atoms with Gasteiger partial charge in [-0.3, -0.25) is 0 Å². The van der Waals surface area contributed by atoms with Crippen molar-refractivity contribution in [3.05, 3.63) is 35.4 Å². The molecule has 0 saturated carbocycles. The molecule has 0 unspecified atom stereocenters. The van der Waals surface area contributed by atoms with Crippen LogP contribution in [0.15, 0.2) is 24.3 Å². The summed E-state index contributed by atoms with van der Waals surface area (Å²) < 4.78 is 0. The Hall–Kier alpha value is -0.380. The zero-order valence-corrected chi connectivity index (χ0v) is 11.4. The number of benzene rings is 1. The van der Waals surface area contributed by atoms with E-state index in [1.165, 1.54) is 31.5 Å². The molecule has 0 radical (unpaired) electrons. The quantitative estimate of drug-likeness (QED) is 0.903. The Balaban J connectivity index is 0.00000128. The Kier molecular flexibility index (Phi) is 5.46. The number of hydrogen-bond donors (Lipinski definition) is 1. The van der Waals surface area contributed by atoms with Gasteiger partial charge in [0.05, 0.1) is 6.61 Å². The Morgan fingerprint density at radius 2 is 1.75 bits per heavy atom. The molecule has 0 bridgehead atoms. The summed E-state index contributed by atoms with van der Waals surface area (Å²) in [6.07, 6.45) is 2.52. The van der Waals surface area contributed by atoms with Gasteiger partial charge >= 0.3 is 0 Å². The predicted octanol–water partition coefficient (Wildman–Crippen LogP) is 2.57. The van der Waals surface area contributed by atoms with Crippen molar-refractivity contribution in [1.29, 1.82) is 0 Å². The summed E-state index contributed by atoms with van der Waals surface area (Å²) in [5.41, 5.74) is 2.44. The molecule has 1 aromatic rings. The average Bonchev–Trinajstić information content (AvgIpc) is 2.30. The Labute approximate surface area is 108 Å². The molecule has 16 heavy (non-hydrogen) atoms. The molecule has 1 saturated heterocycles. The molecular formula is C13H20BrNO. The molecule has 0 aliphatic carbocycles. The van der Waals surface area contributed by atoms with Crippen molar-refractivity contribution >= 4 is 17.0 Å². The van der Waals surface area contributed by atoms with Gasteiger partial charge in [-0.15, -0.1) is 17.0 Å². The van der Waals surface area contributed by atoms with E-state index in [1.54, 1.807) is 0 Å². The fourth-order valence-electron chi connectivity index (χ4n) is 2.24. The van der Waals surface area contributed by atoms with Crippen molar-refractivity contribution in [3.8, 4) is 0 Å². The maximum Gasteiger partial charge on any atom is 0.0681 e. The first kappa shape index (κ1) is 13.7. The Morgan fingerprint density at radius 1 is 1.19 bits per heavy atom. The van der Waals surface area contributed by atoms with Crippen molar-refractivity contribution < 1.29 is 5.11 Å². The molecule has 90 valence electrons. The highest BCUT2D eigenvalue weighted by atomic mass is 79.9. The standard InChI is InChI=1S/C13H19NO.BrH/c1-14-8-6-13(7-9-14)12-4-2-11(10-15)3-5-12;/h2-5,13,15H,6-10H2,1H3;1H. The maximum absolute atomic E-state index is 8.97. The number of aliphatic hydroxyl groups is 1. The number of hydrogen-bond acceptors (Lipinski definition) is 2. The third-order valence-corrected chi connectivity index (χ3v) is 3.35. The van der Waals surface area contributed by atoms with Crippen LogP contribution in [0.1, 0.15) is 29.9 Å². The summed E-state index contributed by atoms with van der Waals surface area (Å²) in [7, 11) is 2.19. The van der Waals surface area contributed by atoms with Crippen LogP contribution in [0.2, 0.25) is 0 Å². The van der Waals surface area contributed by atoms with E-state index in [0.29, 0.717) is 5.92 Å². The fourth-order valence-corrected chi connectivity index (χ4v) is 2.24. The average molecular weight is 286 g/mol. The third-order valence-electron chi connectivity index (χ3n) is 3.35. The molecule has 2 nitrogen and oxygen atoms in total. The van der Waals surface area contributed by atoms with Gasteiger partial charge in [-0.1, -0.05) is 24.3 Å². The molecule has 0 spiro atoms. The second-order valence-electron chi connectivity index (χ2n) is 4.48. The Morgan fingerprint density at radius 3 is 2.25 bits per heavy atom. The van der Waals surface area contributed by atoms with Gasteiger partial charge in [0.25, 0.3) is 0 Å². The molecule has 0 atom stereocenters. The van der Waals surface area contributed by atoms with E-state index >= 15 is 0 Å². The summed E-state index contributed by atoms with van der Waals surface area (Å²) in [6.45, 7) is 2.55. The lowest BCUT2D eigenvalue weighted by atomic mass is 9.89. The highest BCUT2D eigenvalue weighted by molar-refractivity contribution is 8.93. The third kappa shape index (κ3) is 3.30. The fraction of sp³-hybridized carbons (Fsp3) is 0.538. The van der Waals surface area contributed by atoms with Crippen LogP contribution in [0.3, 0.4) is 0 Å². The molecule has 1 heterocycles. The lowest BCUT2D eigenvalue weighted by Gasteiger charge is -2.29. The zero-order chi connectivity index (χ0) is 10.7. The number of halogens is 1. The van der Waals surface area contributed by atoms with Crippen molar-refractivity contribution in [2.24, 2.45) is 0 Å². The molecule has 1 fully saturated rings. The molecule has 1 aliphatic heterocycles. The smallest absolute Gasteiger partial charge is 0.0681 e. The number of nitrogens with zero attached hydrogens (tertiary/aromatic N) is 1. The Bertz CT molecular complexity index is 304. The van der Waals surface area contributed by atoms with Gasteiger partial charge in [-0.2, -0.15) is 0 Å². The van der Waals surface area contributed by atoms with E-state index in [4.69, 9.17) is 5.11 Å². The normalized spacial score (nSPS) is 18.1. The van der Waals surface area contributed by atoms with Crippen LogP contribution >= 0.6 is 17.0 Å². The first-order valence-electron chi connectivity index (χ1n) is 5.68. The van der Waals surface area contributed by atoms with E-state index in [2.05, 4.69) is 24.1 Å². The van der Waals surface area contributed by atoms with Gasteiger partial charge in [-0.25, -0.2) is 0 Å².